The van der Waals surface area contributed by atoms with Crippen LogP contribution in [-0.2, 0) is 0 Å². The number of ether oxygens (including phenoxy) is 1. The Morgan fingerprint density at radius 3 is 2.36 bits per heavy atom. The fourth-order valence-electron chi connectivity index (χ4n) is 3.32. The van der Waals surface area contributed by atoms with Crippen molar-refractivity contribution in [2.75, 3.05) is 6.61 Å². The predicted molar refractivity (Wildman–Crippen MR) is 92.2 cm³/mol. The first-order valence-corrected chi connectivity index (χ1v) is 8.62. The van der Waals surface area contributed by atoms with Gasteiger partial charge in [-0.25, -0.2) is 0 Å². The summed E-state index contributed by atoms with van der Waals surface area (Å²) in [7, 11) is 0. The number of aliphatic hydroxyl groups excluding tert-OH is 1. The molecule has 3 atom stereocenters. The number of aliphatic hydroxyl groups is 1. The lowest BCUT2D eigenvalue weighted by atomic mass is 9.77. The summed E-state index contributed by atoms with van der Waals surface area (Å²) in [6, 6.07) is 18.5. The second-order valence-electron chi connectivity index (χ2n) is 6.06. The highest BCUT2D eigenvalue weighted by atomic mass is 79.9. The molecule has 3 unspecified atom stereocenters. The van der Waals surface area contributed by atoms with Crippen molar-refractivity contribution in [3.05, 3.63) is 64.6 Å². The highest BCUT2D eigenvalue weighted by Gasteiger charge is 2.30. The maximum absolute atomic E-state index is 9.62. The van der Waals surface area contributed by atoms with Crippen LogP contribution in [0.5, 0.6) is 5.75 Å². The van der Waals surface area contributed by atoms with E-state index in [4.69, 9.17) is 4.74 Å². The maximum atomic E-state index is 9.62. The van der Waals surface area contributed by atoms with E-state index in [1.807, 2.05) is 30.3 Å². The maximum Gasteiger partial charge on any atom is 0.119 e. The molecule has 1 saturated carbocycles. The molecule has 116 valence electrons. The van der Waals surface area contributed by atoms with E-state index in [9.17, 15) is 5.11 Å². The van der Waals surface area contributed by atoms with Gasteiger partial charge in [-0.2, -0.15) is 0 Å². The van der Waals surface area contributed by atoms with E-state index in [0.29, 0.717) is 11.8 Å². The Bertz CT molecular complexity index is 582. The van der Waals surface area contributed by atoms with Gasteiger partial charge >= 0.3 is 0 Å². The molecule has 0 heterocycles. The Labute approximate surface area is 140 Å². The number of para-hydroxylation sites is 1. The fourth-order valence-corrected chi connectivity index (χ4v) is 3.59. The van der Waals surface area contributed by atoms with Gasteiger partial charge < -0.3 is 9.84 Å². The molecule has 0 saturated heterocycles. The Morgan fingerprint density at radius 2 is 1.68 bits per heavy atom. The smallest absolute Gasteiger partial charge is 0.119 e. The van der Waals surface area contributed by atoms with E-state index in [1.54, 1.807) is 0 Å². The second kappa shape index (κ2) is 7.30. The Morgan fingerprint density at radius 1 is 0.955 bits per heavy atom. The van der Waals surface area contributed by atoms with Gasteiger partial charge in [-0.05, 0) is 60.9 Å². The van der Waals surface area contributed by atoms with Crippen molar-refractivity contribution in [2.24, 2.45) is 5.92 Å². The van der Waals surface area contributed by atoms with Gasteiger partial charge in [-0.3, -0.25) is 0 Å². The standard InChI is InChI=1S/C19H21BrO2/c20-17-8-6-15(7-9-17)16-10-14(13-21)11-19(12-16)22-18-4-2-1-3-5-18/h1-9,14,16,19,21H,10-13H2. The zero-order valence-corrected chi connectivity index (χ0v) is 14.1. The number of hydrogen-bond acceptors (Lipinski definition) is 2. The zero-order valence-electron chi connectivity index (χ0n) is 12.5. The number of rotatable bonds is 4. The molecule has 22 heavy (non-hydrogen) atoms. The van der Waals surface area contributed by atoms with Crippen LogP contribution in [0.1, 0.15) is 30.7 Å². The largest absolute Gasteiger partial charge is 0.490 e. The molecule has 3 rings (SSSR count). The highest BCUT2D eigenvalue weighted by molar-refractivity contribution is 9.10. The first-order valence-electron chi connectivity index (χ1n) is 7.82. The van der Waals surface area contributed by atoms with E-state index < -0.39 is 0 Å². The van der Waals surface area contributed by atoms with E-state index in [2.05, 4.69) is 40.2 Å². The van der Waals surface area contributed by atoms with Crippen LogP contribution >= 0.6 is 15.9 Å². The van der Waals surface area contributed by atoms with Gasteiger partial charge in [-0.1, -0.05) is 46.3 Å². The summed E-state index contributed by atoms with van der Waals surface area (Å²) >= 11 is 3.49. The van der Waals surface area contributed by atoms with Crippen molar-refractivity contribution in [2.45, 2.75) is 31.3 Å². The molecule has 0 aliphatic heterocycles. The summed E-state index contributed by atoms with van der Waals surface area (Å²) < 4.78 is 7.24. The first kappa shape index (κ1) is 15.6. The number of halogens is 1. The molecule has 0 aromatic heterocycles. The molecular formula is C19H21BrO2. The minimum atomic E-state index is 0.168. The average molecular weight is 361 g/mol. The van der Waals surface area contributed by atoms with Crippen LogP contribution in [0.15, 0.2) is 59.1 Å². The molecule has 1 aliphatic carbocycles. The van der Waals surface area contributed by atoms with E-state index >= 15 is 0 Å². The van der Waals surface area contributed by atoms with Crippen molar-refractivity contribution < 1.29 is 9.84 Å². The highest BCUT2D eigenvalue weighted by Crippen LogP contribution is 2.38. The molecule has 2 aromatic rings. The predicted octanol–water partition coefficient (Wildman–Crippen LogP) is 4.77. The summed E-state index contributed by atoms with van der Waals surface area (Å²) in [6.45, 7) is 0.238. The van der Waals surface area contributed by atoms with Gasteiger partial charge in [0.2, 0.25) is 0 Å². The topological polar surface area (TPSA) is 29.5 Å². The normalized spacial score (nSPS) is 24.9. The first-order chi connectivity index (χ1) is 10.7. The van der Waals surface area contributed by atoms with Gasteiger partial charge in [0.1, 0.15) is 5.75 Å². The minimum Gasteiger partial charge on any atom is -0.490 e. The quantitative estimate of drug-likeness (QED) is 0.850. The van der Waals surface area contributed by atoms with Crippen LogP contribution in [0.4, 0.5) is 0 Å². The molecule has 0 bridgehead atoms. The molecule has 2 aromatic carbocycles. The van der Waals surface area contributed by atoms with Crippen molar-refractivity contribution in [1.29, 1.82) is 0 Å². The SMILES string of the molecule is OCC1CC(Oc2ccccc2)CC(c2ccc(Br)cc2)C1. The van der Waals surface area contributed by atoms with Crippen LogP contribution in [0.3, 0.4) is 0 Å². The molecular weight excluding hydrogens is 340 g/mol. The number of hydrogen-bond donors (Lipinski definition) is 1. The van der Waals surface area contributed by atoms with Crippen LogP contribution < -0.4 is 4.74 Å². The van der Waals surface area contributed by atoms with Gasteiger partial charge in [0.25, 0.3) is 0 Å². The molecule has 1 N–H and O–H groups in total. The van der Waals surface area contributed by atoms with Gasteiger partial charge in [-0.15, -0.1) is 0 Å². The van der Waals surface area contributed by atoms with Gasteiger partial charge in [0.15, 0.2) is 0 Å². The third-order valence-corrected chi connectivity index (χ3v) is 4.94. The number of benzene rings is 2. The molecule has 0 radical (unpaired) electrons. The van der Waals surface area contributed by atoms with Crippen LogP contribution in [0.25, 0.3) is 0 Å². The summed E-state index contributed by atoms with van der Waals surface area (Å²) in [5.74, 6) is 1.68. The second-order valence-corrected chi connectivity index (χ2v) is 6.97. The van der Waals surface area contributed by atoms with Crippen molar-refractivity contribution in [3.8, 4) is 5.75 Å². The molecule has 3 heteroatoms. The average Bonchev–Trinajstić information content (AvgIpc) is 2.56. The molecule has 2 nitrogen and oxygen atoms in total. The molecule has 0 amide bonds. The zero-order chi connectivity index (χ0) is 15.4. The Kier molecular flexibility index (Phi) is 5.16. The van der Waals surface area contributed by atoms with E-state index in [0.717, 1.165) is 29.5 Å². The monoisotopic (exact) mass is 360 g/mol. The van der Waals surface area contributed by atoms with Crippen LogP contribution in [-0.4, -0.2) is 17.8 Å². The van der Waals surface area contributed by atoms with Crippen molar-refractivity contribution in [1.82, 2.24) is 0 Å². The van der Waals surface area contributed by atoms with E-state index in [1.165, 1.54) is 5.56 Å². The third kappa shape index (κ3) is 3.90. The Balaban J connectivity index is 1.73. The summed E-state index contributed by atoms with van der Waals surface area (Å²) in [5, 5.41) is 9.62. The summed E-state index contributed by atoms with van der Waals surface area (Å²) in [6.07, 6.45) is 3.14. The lowest BCUT2D eigenvalue weighted by Crippen LogP contribution is -2.31. The van der Waals surface area contributed by atoms with Crippen molar-refractivity contribution in [3.63, 3.8) is 0 Å². The summed E-state index contributed by atoms with van der Waals surface area (Å²) in [5.41, 5.74) is 1.34. The fraction of sp³-hybridized carbons (Fsp3) is 0.368. The molecule has 0 spiro atoms. The third-order valence-electron chi connectivity index (χ3n) is 4.41. The van der Waals surface area contributed by atoms with Crippen LogP contribution in [0.2, 0.25) is 0 Å². The lowest BCUT2D eigenvalue weighted by molar-refractivity contribution is 0.0814. The minimum absolute atomic E-state index is 0.168. The lowest BCUT2D eigenvalue weighted by Gasteiger charge is -2.34. The Hall–Kier alpha value is -1.32. The summed E-state index contributed by atoms with van der Waals surface area (Å²) in [4.78, 5) is 0. The molecule has 1 aliphatic rings. The molecule has 1 fully saturated rings. The van der Waals surface area contributed by atoms with Gasteiger partial charge in [0.05, 0.1) is 6.10 Å². The van der Waals surface area contributed by atoms with Gasteiger partial charge in [0, 0.05) is 11.1 Å². The van der Waals surface area contributed by atoms with Crippen molar-refractivity contribution >= 4 is 15.9 Å². The van der Waals surface area contributed by atoms with E-state index in [-0.39, 0.29) is 12.7 Å². The van der Waals surface area contributed by atoms with Crippen LogP contribution in [0, 0.1) is 5.92 Å².